The molecule has 0 radical (unpaired) electrons. The Morgan fingerprint density at radius 1 is 1.38 bits per heavy atom. The van der Waals surface area contributed by atoms with Gasteiger partial charge in [-0.2, -0.15) is 0 Å². The van der Waals surface area contributed by atoms with Crippen LogP contribution in [0.3, 0.4) is 0 Å². The summed E-state index contributed by atoms with van der Waals surface area (Å²) in [5.41, 5.74) is 4.39. The second-order valence-electron chi connectivity index (χ2n) is 3.05. The second kappa shape index (κ2) is 4.63. The van der Waals surface area contributed by atoms with Crippen molar-refractivity contribution in [1.82, 2.24) is 0 Å². The Balaban J connectivity index is 3.30. The van der Waals surface area contributed by atoms with Crippen molar-refractivity contribution in [2.24, 2.45) is 5.73 Å². The normalized spacial score (nSPS) is 13.5. The maximum atomic E-state index is 12.6. The zero-order chi connectivity index (χ0) is 12.3. The number of benzene rings is 1. The minimum Gasteiger partial charge on any atom is -0.507 e. The quantitative estimate of drug-likeness (QED) is 0.612. The number of phenols is 2. The number of nitrogens with two attached hydrogens (primary N) is 1. The lowest BCUT2D eigenvalue weighted by Crippen LogP contribution is -2.31. The van der Waals surface area contributed by atoms with Crippen molar-refractivity contribution >= 4 is 11.5 Å². The number of aliphatic carboxylic acids is 1. The lowest BCUT2D eigenvalue weighted by Gasteiger charge is -2.13. The van der Waals surface area contributed by atoms with E-state index in [1.165, 1.54) is 18.2 Å². The van der Waals surface area contributed by atoms with Crippen molar-refractivity contribution in [3.05, 3.63) is 30.1 Å². The molecule has 0 amide bonds. The first-order chi connectivity index (χ1) is 7.49. The van der Waals surface area contributed by atoms with Gasteiger partial charge in [-0.1, -0.05) is 6.07 Å². The molecule has 86 valence electrons. The number of carboxylic acid groups (broad SMARTS) is 1. The molecule has 0 spiro atoms. The van der Waals surface area contributed by atoms with Crippen molar-refractivity contribution in [2.45, 2.75) is 6.04 Å². The smallest absolute Gasteiger partial charge is 0.325 e. The third-order valence-electron chi connectivity index (χ3n) is 2.03. The molecule has 0 aliphatic carbocycles. The zero-order valence-electron chi connectivity index (χ0n) is 8.09. The van der Waals surface area contributed by atoms with Crippen LogP contribution in [0.4, 0.5) is 4.39 Å². The molecule has 0 saturated carbocycles. The van der Waals surface area contributed by atoms with E-state index in [4.69, 9.17) is 10.8 Å². The molecule has 0 saturated heterocycles. The Kier molecular flexibility index (Phi) is 3.47. The molecule has 6 heteroatoms. The monoisotopic (exact) mass is 227 g/mol. The van der Waals surface area contributed by atoms with Crippen LogP contribution in [0.15, 0.2) is 24.5 Å². The van der Waals surface area contributed by atoms with Crippen molar-refractivity contribution in [3.63, 3.8) is 0 Å². The van der Waals surface area contributed by atoms with E-state index in [9.17, 15) is 19.4 Å². The number of halogens is 1. The highest BCUT2D eigenvalue weighted by atomic mass is 19.1. The van der Waals surface area contributed by atoms with Gasteiger partial charge < -0.3 is 21.1 Å². The van der Waals surface area contributed by atoms with Gasteiger partial charge in [0, 0.05) is 5.57 Å². The summed E-state index contributed by atoms with van der Waals surface area (Å²) in [5, 5.41) is 27.4. The van der Waals surface area contributed by atoms with Gasteiger partial charge in [0.2, 0.25) is 0 Å². The Morgan fingerprint density at radius 2 is 1.88 bits per heavy atom. The summed E-state index contributed by atoms with van der Waals surface area (Å²) < 4.78 is 12.6. The van der Waals surface area contributed by atoms with E-state index < -0.39 is 29.1 Å². The fraction of sp³-hybridized carbons (Fsp3) is 0.100. The van der Waals surface area contributed by atoms with Gasteiger partial charge in [-0.15, -0.1) is 0 Å². The zero-order valence-corrected chi connectivity index (χ0v) is 8.09. The van der Waals surface area contributed by atoms with Gasteiger partial charge in [-0.3, -0.25) is 4.79 Å². The van der Waals surface area contributed by atoms with Crippen molar-refractivity contribution in [2.75, 3.05) is 0 Å². The average Bonchev–Trinajstić information content (AvgIpc) is 2.22. The number of carboxylic acids is 1. The summed E-state index contributed by atoms with van der Waals surface area (Å²) in [6.07, 6.45) is -0.0481. The lowest BCUT2D eigenvalue weighted by atomic mass is 9.98. The molecule has 0 fully saturated rings. The standard InChI is InChI=1S/C10H10FNO4/c11-4-5(9(12)10(15)16)8-6(13)2-1-3-7(8)14/h1-4,9,13-14H,12H2,(H,15,16). The fourth-order valence-electron chi connectivity index (χ4n) is 1.24. The van der Waals surface area contributed by atoms with Crippen LogP contribution in [0.25, 0.3) is 5.57 Å². The van der Waals surface area contributed by atoms with E-state index in [1.807, 2.05) is 0 Å². The highest BCUT2D eigenvalue weighted by Gasteiger charge is 2.23. The molecule has 1 unspecified atom stereocenters. The Morgan fingerprint density at radius 3 is 2.25 bits per heavy atom. The molecule has 1 atom stereocenters. The van der Waals surface area contributed by atoms with Crippen LogP contribution < -0.4 is 5.73 Å². The number of aromatic hydroxyl groups is 2. The molecule has 0 aliphatic rings. The van der Waals surface area contributed by atoms with Gasteiger partial charge in [0.15, 0.2) is 0 Å². The summed E-state index contributed by atoms with van der Waals surface area (Å²) in [7, 11) is 0. The Labute approximate surface area is 90.3 Å². The molecule has 0 aliphatic heterocycles. The molecule has 0 aromatic heterocycles. The largest absolute Gasteiger partial charge is 0.507 e. The van der Waals surface area contributed by atoms with Crippen molar-refractivity contribution < 1.29 is 24.5 Å². The second-order valence-corrected chi connectivity index (χ2v) is 3.05. The SMILES string of the molecule is NC(C(=O)O)C(=CF)c1c(O)cccc1O. The van der Waals surface area contributed by atoms with E-state index in [2.05, 4.69) is 0 Å². The van der Waals surface area contributed by atoms with Crippen LogP contribution in [-0.2, 0) is 4.79 Å². The number of phenolic OH excluding ortho intramolecular Hbond substituents is 2. The highest BCUT2D eigenvalue weighted by Crippen LogP contribution is 2.34. The molecule has 5 nitrogen and oxygen atoms in total. The molecule has 0 heterocycles. The molecule has 1 rings (SSSR count). The number of hydrogen-bond donors (Lipinski definition) is 4. The van der Waals surface area contributed by atoms with Crippen LogP contribution >= 0.6 is 0 Å². The van der Waals surface area contributed by atoms with Gasteiger partial charge >= 0.3 is 5.97 Å². The summed E-state index contributed by atoms with van der Waals surface area (Å²) in [6.45, 7) is 0. The van der Waals surface area contributed by atoms with Gasteiger partial charge in [-0.25, -0.2) is 4.39 Å². The third kappa shape index (κ3) is 2.12. The lowest BCUT2D eigenvalue weighted by molar-refractivity contribution is -0.137. The van der Waals surface area contributed by atoms with Crippen LogP contribution in [0.1, 0.15) is 5.56 Å². The first-order valence-corrected chi connectivity index (χ1v) is 4.29. The van der Waals surface area contributed by atoms with E-state index in [0.717, 1.165) is 0 Å². The van der Waals surface area contributed by atoms with Gasteiger partial charge in [0.1, 0.15) is 17.5 Å². The molecule has 16 heavy (non-hydrogen) atoms. The molecule has 1 aromatic rings. The number of rotatable bonds is 3. The van der Waals surface area contributed by atoms with Gasteiger partial charge in [0.25, 0.3) is 0 Å². The summed E-state index contributed by atoms with van der Waals surface area (Å²) in [5.74, 6) is -2.35. The predicted octanol–water partition coefficient (Wildman–Crippen LogP) is 0.820. The van der Waals surface area contributed by atoms with E-state index in [0.29, 0.717) is 0 Å². The first kappa shape index (κ1) is 12.0. The molecule has 1 aromatic carbocycles. The third-order valence-corrected chi connectivity index (χ3v) is 2.03. The van der Waals surface area contributed by atoms with Crippen LogP contribution in [-0.4, -0.2) is 27.3 Å². The van der Waals surface area contributed by atoms with Gasteiger partial charge in [-0.05, 0) is 12.1 Å². The maximum absolute atomic E-state index is 12.6. The van der Waals surface area contributed by atoms with Gasteiger partial charge in [0.05, 0.1) is 11.9 Å². The van der Waals surface area contributed by atoms with Crippen molar-refractivity contribution in [1.29, 1.82) is 0 Å². The summed E-state index contributed by atoms with van der Waals surface area (Å²) in [6, 6.07) is 2.04. The number of carbonyl (C=O) groups is 1. The predicted molar refractivity (Wildman–Crippen MR) is 54.5 cm³/mol. The molecule has 5 N–H and O–H groups in total. The Hall–Kier alpha value is -2.08. The molecule has 0 bridgehead atoms. The Bertz CT molecular complexity index is 424. The first-order valence-electron chi connectivity index (χ1n) is 4.29. The number of hydrogen-bond acceptors (Lipinski definition) is 4. The van der Waals surface area contributed by atoms with Crippen LogP contribution in [0.2, 0.25) is 0 Å². The molecular formula is C10H10FNO4. The van der Waals surface area contributed by atoms with E-state index in [1.54, 1.807) is 0 Å². The fourth-order valence-corrected chi connectivity index (χ4v) is 1.24. The minimum absolute atomic E-state index is 0.0481. The summed E-state index contributed by atoms with van der Waals surface area (Å²) in [4.78, 5) is 10.6. The van der Waals surface area contributed by atoms with E-state index in [-0.39, 0.29) is 11.9 Å². The van der Waals surface area contributed by atoms with Crippen molar-refractivity contribution in [3.8, 4) is 11.5 Å². The van der Waals surface area contributed by atoms with Crippen LogP contribution in [0, 0.1) is 0 Å². The minimum atomic E-state index is -1.66. The highest BCUT2D eigenvalue weighted by molar-refractivity contribution is 5.93. The maximum Gasteiger partial charge on any atom is 0.325 e. The van der Waals surface area contributed by atoms with Crippen LogP contribution in [0.5, 0.6) is 11.5 Å². The average molecular weight is 227 g/mol. The molecular weight excluding hydrogens is 217 g/mol. The summed E-state index contributed by atoms with van der Waals surface area (Å²) >= 11 is 0. The topological polar surface area (TPSA) is 104 Å². The van der Waals surface area contributed by atoms with E-state index >= 15 is 0 Å².